The number of nitrogens with zero attached hydrogens (tertiary/aromatic N) is 1. The first-order valence-electron chi connectivity index (χ1n) is 8.45. The maximum absolute atomic E-state index is 11.7. The first-order valence-corrected chi connectivity index (χ1v) is 8.45. The summed E-state index contributed by atoms with van der Waals surface area (Å²) >= 11 is 0. The molecule has 1 amide bonds. The van der Waals surface area contributed by atoms with Crippen molar-refractivity contribution in [3.8, 4) is 0 Å². The van der Waals surface area contributed by atoms with Gasteiger partial charge in [0.2, 0.25) is 5.91 Å². The fourth-order valence-electron chi connectivity index (χ4n) is 2.99. The van der Waals surface area contributed by atoms with Crippen molar-refractivity contribution in [3.63, 3.8) is 0 Å². The third-order valence-corrected chi connectivity index (χ3v) is 4.35. The summed E-state index contributed by atoms with van der Waals surface area (Å²) < 4.78 is 0. The van der Waals surface area contributed by atoms with E-state index < -0.39 is 0 Å². The van der Waals surface area contributed by atoms with Gasteiger partial charge < -0.3 is 15.5 Å². The van der Waals surface area contributed by atoms with Crippen molar-refractivity contribution < 1.29 is 4.79 Å². The smallest absolute Gasteiger partial charge is 0.220 e. The molecular formula is C18H29N3O. The Labute approximate surface area is 134 Å². The number of likely N-dealkylation sites (tertiary alicyclic amines) is 1. The third kappa shape index (κ3) is 6.16. The van der Waals surface area contributed by atoms with E-state index in [0.717, 1.165) is 45.6 Å². The Morgan fingerprint density at radius 2 is 2.14 bits per heavy atom. The SMILES string of the molecule is CNCCCC(=O)NCC1CCN(CCc2ccccc2)C1. The standard InChI is InChI=1S/C18H29N3O/c1-19-11-5-8-18(22)20-14-17-10-13-21(15-17)12-9-16-6-3-2-4-7-16/h2-4,6-7,17,19H,5,8-15H2,1H3,(H,20,22). The van der Waals surface area contributed by atoms with Crippen LogP contribution in [-0.4, -0.2) is 50.6 Å². The normalized spacial score (nSPS) is 18.5. The maximum Gasteiger partial charge on any atom is 0.220 e. The number of rotatable bonds is 9. The second-order valence-corrected chi connectivity index (χ2v) is 6.20. The summed E-state index contributed by atoms with van der Waals surface area (Å²) in [5, 5.41) is 6.15. The van der Waals surface area contributed by atoms with Gasteiger partial charge in [0, 0.05) is 26.1 Å². The summed E-state index contributed by atoms with van der Waals surface area (Å²) in [5.74, 6) is 0.807. The second-order valence-electron chi connectivity index (χ2n) is 6.20. The lowest BCUT2D eigenvalue weighted by Gasteiger charge is -2.16. The lowest BCUT2D eigenvalue weighted by molar-refractivity contribution is -0.121. The lowest BCUT2D eigenvalue weighted by Crippen LogP contribution is -2.31. The summed E-state index contributed by atoms with van der Waals surface area (Å²) in [5.41, 5.74) is 1.41. The highest BCUT2D eigenvalue weighted by Crippen LogP contribution is 2.16. The monoisotopic (exact) mass is 303 g/mol. The van der Waals surface area contributed by atoms with Gasteiger partial charge in [-0.2, -0.15) is 0 Å². The van der Waals surface area contributed by atoms with Gasteiger partial charge in [-0.1, -0.05) is 30.3 Å². The molecule has 122 valence electrons. The number of benzene rings is 1. The molecule has 2 N–H and O–H groups in total. The van der Waals surface area contributed by atoms with E-state index in [1.807, 2.05) is 7.05 Å². The van der Waals surface area contributed by atoms with E-state index in [0.29, 0.717) is 12.3 Å². The average Bonchev–Trinajstić information content (AvgIpc) is 3.00. The lowest BCUT2D eigenvalue weighted by atomic mass is 10.1. The highest BCUT2D eigenvalue weighted by molar-refractivity contribution is 5.75. The van der Waals surface area contributed by atoms with E-state index in [2.05, 4.69) is 45.9 Å². The fourth-order valence-corrected chi connectivity index (χ4v) is 2.99. The molecule has 1 aliphatic rings. The van der Waals surface area contributed by atoms with E-state index >= 15 is 0 Å². The van der Waals surface area contributed by atoms with E-state index in [1.165, 1.54) is 12.0 Å². The fraction of sp³-hybridized carbons (Fsp3) is 0.611. The van der Waals surface area contributed by atoms with Crippen LogP contribution in [0.5, 0.6) is 0 Å². The van der Waals surface area contributed by atoms with Crippen LogP contribution in [0, 0.1) is 5.92 Å². The zero-order valence-electron chi connectivity index (χ0n) is 13.7. The van der Waals surface area contributed by atoms with Gasteiger partial charge in [-0.3, -0.25) is 4.79 Å². The summed E-state index contributed by atoms with van der Waals surface area (Å²) in [6.45, 7) is 5.14. The molecule has 2 rings (SSSR count). The molecule has 1 aromatic carbocycles. The largest absolute Gasteiger partial charge is 0.356 e. The Kier molecular flexibility index (Phi) is 7.40. The first-order chi connectivity index (χ1) is 10.8. The number of hydrogen-bond acceptors (Lipinski definition) is 3. The molecule has 0 spiro atoms. The molecule has 1 aromatic rings. The van der Waals surface area contributed by atoms with Crippen LogP contribution in [0.1, 0.15) is 24.8 Å². The van der Waals surface area contributed by atoms with Crippen molar-refractivity contribution in [1.29, 1.82) is 0 Å². The van der Waals surface area contributed by atoms with Gasteiger partial charge >= 0.3 is 0 Å². The zero-order valence-corrected chi connectivity index (χ0v) is 13.7. The van der Waals surface area contributed by atoms with Crippen LogP contribution < -0.4 is 10.6 Å². The van der Waals surface area contributed by atoms with Crippen molar-refractivity contribution in [3.05, 3.63) is 35.9 Å². The molecule has 22 heavy (non-hydrogen) atoms. The van der Waals surface area contributed by atoms with E-state index in [9.17, 15) is 4.79 Å². The minimum absolute atomic E-state index is 0.193. The zero-order chi connectivity index (χ0) is 15.6. The van der Waals surface area contributed by atoms with Crippen LogP contribution in [0.15, 0.2) is 30.3 Å². The summed E-state index contributed by atoms with van der Waals surface area (Å²) in [7, 11) is 1.92. The molecule has 1 atom stereocenters. The molecule has 4 heteroatoms. The van der Waals surface area contributed by atoms with Crippen LogP contribution in [0.2, 0.25) is 0 Å². The number of hydrogen-bond donors (Lipinski definition) is 2. The summed E-state index contributed by atoms with van der Waals surface area (Å²) in [6, 6.07) is 10.7. The minimum Gasteiger partial charge on any atom is -0.356 e. The van der Waals surface area contributed by atoms with Gasteiger partial charge in [-0.25, -0.2) is 0 Å². The highest BCUT2D eigenvalue weighted by atomic mass is 16.1. The number of nitrogens with one attached hydrogen (secondary N) is 2. The predicted octanol–water partition coefficient (Wildman–Crippen LogP) is 1.67. The summed E-state index contributed by atoms with van der Waals surface area (Å²) in [6.07, 6.45) is 3.86. The molecule has 1 saturated heterocycles. The van der Waals surface area contributed by atoms with Crippen LogP contribution >= 0.6 is 0 Å². The first kappa shape index (κ1) is 17.0. The molecule has 0 aliphatic carbocycles. The molecule has 0 bridgehead atoms. The number of carbonyl (C=O) groups excluding carboxylic acids is 1. The molecule has 1 aliphatic heterocycles. The Bertz CT molecular complexity index is 435. The van der Waals surface area contributed by atoms with Crippen LogP contribution in [0.4, 0.5) is 0 Å². The van der Waals surface area contributed by atoms with Crippen LogP contribution in [0.3, 0.4) is 0 Å². The molecule has 1 fully saturated rings. The van der Waals surface area contributed by atoms with E-state index in [1.54, 1.807) is 0 Å². The van der Waals surface area contributed by atoms with Gasteiger partial charge in [0.25, 0.3) is 0 Å². The average molecular weight is 303 g/mol. The maximum atomic E-state index is 11.7. The van der Waals surface area contributed by atoms with Crippen molar-refractivity contribution in [1.82, 2.24) is 15.5 Å². The Morgan fingerprint density at radius 1 is 1.32 bits per heavy atom. The number of carbonyl (C=O) groups is 1. The van der Waals surface area contributed by atoms with Gasteiger partial charge in [0.05, 0.1) is 0 Å². The highest BCUT2D eigenvalue weighted by Gasteiger charge is 2.22. The van der Waals surface area contributed by atoms with Crippen LogP contribution in [0.25, 0.3) is 0 Å². The molecule has 0 saturated carbocycles. The molecule has 0 radical (unpaired) electrons. The Morgan fingerprint density at radius 3 is 2.91 bits per heavy atom. The minimum atomic E-state index is 0.193. The molecule has 0 aromatic heterocycles. The molecule has 1 unspecified atom stereocenters. The Hall–Kier alpha value is -1.39. The third-order valence-electron chi connectivity index (χ3n) is 4.35. The topological polar surface area (TPSA) is 44.4 Å². The van der Waals surface area contributed by atoms with Gasteiger partial charge in [-0.15, -0.1) is 0 Å². The quantitative estimate of drug-likeness (QED) is 0.682. The van der Waals surface area contributed by atoms with Crippen molar-refractivity contribution >= 4 is 5.91 Å². The van der Waals surface area contributed by atoms with E-state index in [-0.39, 0.29) is 5.91 Å². The van der Waals surface area contributed by atoms with Crippen molar-refractivity contribution in [2.24, 2.45) is 5.92 Å². The molecular weight excluding hydrogens is 274 g/mol. The van der Waals surface area contributed by atoms with Crippen molar-refractivity contribution in [2.45, 2.75) is 25.7 Å². The van der Waals surface area contributed by atoms with Gasteiger partial charge in [0.1, 0.15) is 0 Å². The predicted molar refractivity (Wildman–Crippen MR) is 90.9 cm³/mol. The van der Waals surface area contributed by atoms with Gasteiger partial charge in [0.15, 0.2) is 0 Å². The van der Waals surface area contributed by atoms with Gasteiger partial charge in [-0.05, 0) is 50.9 Å². The number of amides is 1. The summed E-state index contributed by atoms with van der Waals surface area (Å²) in [4.78, 5) is 14.2. The molecule has 4 nitrogen and oxygen atoms in total. The van der Waals surface area contributed by atoms with Crippen molar-refractivity contribution in [2.75, 3.05) is 39.8 Å². The second kappa shape index (κ2) is 9.59. The molecule has 1 heterocycles. The Balaban J connectivity index is 1.58. The van der Waals surface area contributed by atoms with Crippen LogP contribution in [-0.2, 0) is 11.2 Å². The van der Waals surface area contributed by atoms with E-state index in [4.69, 9.17) is 0 Å².